The topological polar surface area (TPSA) is 93.5 Å². The van der Waals surface area contributed by atoms with E-state index < -0.39 is 29.6 Å². The SMILES string of the molecule is CCOC(=O)[C@H](C(C)=O)[C@H](C#N)C(=O)OCC. The molecular formula is C11H15NO5. The van der Waals surface area contributed by atoms with Crippen LogP contribution in [0.4, 0.5) is 0 Å². The van der Waals surface area contributed by atoms with E-state index in [4.69, 9.17) is 5.26 Å². The summed E-state index contributed by atoms with van der Waals surface area (Å²) < 4.78 is 9.29. The van der Waals surface area contributed by atoms with Crippen molar-refractivity contribution >= 4 is 17.7 Å². The van der Waals surface area contributed by atoms with E-state index in [-0.39, 0.29) is 13.2 Å². The molecule has 0 N–H and O–H groups in total. The van der Waals surface area contributed by atoms with Crippen molar-refractivity contribution in [2.45, 2.75) is 20.8 Å². The van der Waals surface area contributed by atoms with Gasteiger partial charge in [0.2, 0.25) is 0 Å². The number of hydrogen-bond acceptors (Lipinski definition) is 6. The standard InChI is InChI=1S/C11H15NO5/c1-4-16-10(14)8(6-12)9(7(3)13)11(15)17-5-2/h8-9H,4-5H2,1-3H3/t8-,9+/m0/s1. The molecule has 6 heteroatoms. The molecule has 2 atom stereocenters. The smallest absolute Gasteiger partial charge is 0.324 e. The van der Waals surface area contributed by atoms with E-state index in [1.807, 2.05) is 0 Å². The number of carbonyl (C=O) groups excluding carboxylic acids is 3. The maximum atomic E-state index is 11.5. The fourth-order valence-corrected chi connectivity index (χ4v) is 1.26. The van der Waals surface area contributed by atoms with E-state index in [1.54, 1.807) is 19.9 Å². The average molecular weight is 241 g/mol. The highest BCUT2D eigenvalue weighted by Crippen LogP contribution is 2.16. The minimum absolute atomic E-state index is 0.0730. The lowest BCUT2D eigenvalue weighted by molar-refractivity contribution is -0.160. The zero-order valence-electron chi connectivity index (χ0n) is 10.1. The Morgan fingerprint density at radius 1 is 1.12 bits per heavy atom. The summed E-state index contributed by atoms with van der Waals surface area (Å²) in [4.78, 5) is 34.2. The van der Waals surface area contributed by atoms with Crippen LogP contribution in [0.1, 0.15) is 20.8 Å². The van der Waals surface area contributed by atoms with Crippen LogP contribution in [-0.2, 0) is 23.9 Å². The third-order valence-electron chi connectivity index (χ3n) is 1.99. The summed E-state index contributed by atoms with van der Waals surface area (Å²) in [6.07, 6.45) is 0. The van der Waals surface area contributed by atoms with Gasteiger partial charge in [0.15, 0.2) is 5.92 Å². The summed E-state index contributed by atoms with van der Waals surface area (Å²) in [6.45, 7) is 4.42. The van der Waals surface area contributed by atoms with Crippen molar-refractivity contribution in [3.05, 3.63) is 0 Å². The highest BCUT2D eigenvalue weighted by atomic mass is 16.5. The summed E-state index contributed by atoms with van der Waals surface area (Å²) >= 11 is 0. The minimum Gasteiger partial charge on any atom is -0.465 e. The lowest BCUT2D eigenvalue weighted by atomic mass is 9.90. The van der Waals surface area contributed by atoms with Crippen LogP contribution >= 0.6 is 0 Å². The molecule has 0 saturated carbocycles. The number of nitriles is 1. The first-order valence-corrected chi connectivity index (χ1v) is 5.22. The molecular weight excluding hydrogens is 226 g/mol. The zero-order valence-corrected chi connectivity index (χ0v) is 10.1. The van der Waals surface area contributed by atoms with Gasteiger partial charge >= 0.3 is 11.9 Å². The molecule has 0 aromatic carbocycles. The monoisotopic (exact) mass is 241 g/mol. The van der Waals surface area contributed by atoms with Crippen LogP contribution in [0.2, 0.25) is 0 Å². The molecule has 0 amide bonds. The first-order valence-electron chi connectivity index (χ1n) is 5.22. The van der Waals surface area contributed by atoms with Gasteiger partial charge in [-0.3, -0.25) is 14.4 Å². The van der Waals surface area contributed by atoms with Gasteiger partial charge in [-0.2, -0.15) is 5.26 Å². The number of ketones is 1. The molecule has 0 aliphatic heterocycles. The second kappa shape index (κ2) is 7.39. The van der Waals surface area contributed by atoms with Gasteiger partial charge in [-0.05, 0) is 20.8 Å². The van der Waals surface area contributed by atoms with Crippen molar-refractivity contribution in [3.63, 3.8) is 0 Å². The van der Waals surface area contributed by atoms with E-state index in [9.17, 15) is 14.4 Å². The maximum Gasteiger partial charge on any atom is 0.324 e. The van der Waals surface area contributed by atoms with Crippen molar-refractivity contribution in [1.82, 2.24) is 0 Å². The second-order valence-electron chi connectivity index (χ2n) is 3.20. The van der Waals surface area contributed by atoms with E-state index in [0.29, 0.717) is 0 Å². The molecule has 17 heavy (non-hydrogen) atoms. The Morgan fingerprint density at radius 3 is 1.94 bits per heavy atom. The summed E-state index contributed by atoms with van der Waals surface area (Å²) in [5.74, 6) is -5.23. The van der Waals surface area contributed by atoms with Crippen LogP contribution in [0.15, 0.2) is 0 Å². The fourth-order valence-electron chi connectivity index (χ4n) is 1.26. The van der Waals surface area contributed by atoms with Crippen molar-refractivity contribution in [3.8, 4) is 6.07 Å². The van der Waals surface area contributed by atoms with Gasteiger partial charge in [-0.25, -0.2) is 0 Å². The molecule has 0 fully saturated rings. The lowest BCUT2D eigenvalue weighted by Crippen LogP contribution is -2.36. The van der Waals surface area contributed by atoms with Crippen LogP contribution in [0, 0.1) is 23.2 Å². The Labute approximate surface area is 99.5 Å². The van der Waals surface area contributed by atoms with Gasteiger partial charge < -0.3 is 9.47 Å². The Balaban J connectivity index is 5.02. The second-order valence-corrected chi connectivity index (χ2v) is 3.20. The Bertz CT molecular complexity index is 344. The predicted octanol–water partition coefficient (Wildman–Crippen LogP) is 0.458. The Morgan fingerprint density at radius 2 is 1.59 bits per heavy atom. The molecule has 94 valence electrons. The molecule has 0 radical (unpaired) electrons. The number of hydrogen-bond donors (Lipinski definition) is 0. The third kappa shape index (κ3) is 4.23. The molecule has 0 saturated heterocycles. The van der Waals surface area contributed by atoms with Crippen LogP contribution in [-0.4, -0.2) is 30.9 Å². The zero-order chi connectivity index (χ0) is 13.4. The predicted molar refractivity (Wildman–Crippen MR) is 56.5 cm³/mol. The number of carbonyl (C=O) groups is 3. The van der Waals surface area contributed by atoms with Gasteiger partial charge in [-0.1, -0.05) is 0 Å². The van der Waals surface area contributed by atoms with Gasteiger partial charge in [0.1, 0.15) is 11.7 Å². The highest BCUT2D eigenvalue weighted by Gasteiger charge is 2.39. The molecule has 0 rings (SSSR count). The van der Waals surface area contributed by atoms with Crippen LogP contribution in [0.25, 0.3) is 0 Å². The van der Waals surface area contributed by atoms with Crippen molar-refractivity contribution < 1.29 is 23.9 Å². The van der Waals surface area contributed by atoms with Crippen LogP contribution < -0.4 is 0 Å². The normalized spacial score (nSPS) is 13.1. The van der Waals surface area contributed by atoms with Crippen molar-refractivity contribution in [2.24, 2.45) is 11.8 Å². The van der Waals surface area contributed by atoms with E-state index in [0.717, 1.165) is 6.92 Å². The molecule has 6 nitrogen and oxygen atoms in total. The summed E-state index contributed by atoms with van der Waals surface area (Å²) in [5.41, 5.74) is 0. The average Bonchev–Trinajstić information content (AvgIpc) is 2.25. The first-order chi connectivity index (χ1) is 7.99. The third-order valence-corrected chi connectivity index (χ3v) is 1.99. The van der Waals surface area contributed by atoms with Gasteiger partial charge in [0.05, 0.1) is 19.3 Å². The fraction of sp³-hybridized carbons (Fsp3) is 0.636. The molecule has 0 aromatic heterocycles. The molecule has 0 spiro atoms. The van der Waals surface area contributed by atoms with Gasteiger partial charge in [0, 0.05) is 0 Å². The summed E-state index contributed by atoms with van der Waals surface area (Å²) in [5, 5.41) is 8.85. The van der Waals surface area contributed by atoms with Crippen molar-refractivity contribution in [2.75, 3.05) is 13.2 Å². The minimum atomic E-state index is -1.45. The van der Waals surface area contributed by atoms with Gasteiger partial charge in [-0.15, -0.1) is 0 Å². The highest BCUT2D eigenvalue weighted by molar-refractivity contribution is 6.02. The summed E-state index contributed by atoms with van der Waals surface area (Å²) in [6, 6.07) is 1.61. The molecule has 0 aliphatic rings. The van der Waals surface area contributed by atoms with E-state index in [1.165, 1.54) is 0 Å². The number of ether oxygens (including phenoxy) is 2. The number of esters is 2. The number of rotatable bonds is 6. The number of Topliss-reactive ketones (excluding diaryl/α,β-unsaturated/α-hetero) is 1. The summed E-state index contributed by atoms with van der Waals surface area (Å²) in [7, 11) is 0. The van der Waals surface area contributed by atoms with Crippen LogP contribution in [0.3, 0.4) is 0 Å². The Kier molecular flexibility index (Phi) is 6.56. The van der Waals surface area contributed by atoms with Crippen molar-refractivity contribution in [1.29, 1.82) is 5.26 Å². The maximum absolute atomic E-state index is 11.5. The molecule has 0 heterocycles. The molecule has 0 bridgehead atoms. The molecule has 0 aliphatic carbocycles. The largest absolute Gasteiger partial charge is 0.465 e. The Hall–Kier alpha value is -1.90. The molecule has 0 unspecified atom stereocenters. The van der Waals surface area contributed by atoms with Crippen LogP contribution in [0.5, 0.6) is 0 Å². The van der Waals surface area contributed by atoms with E-state index >= 15 is 0 Å². The molecule has 0 aromatic rings. The first kappa shape index (κ1) is 15.1. The van der Waals surface area contributed by atoms with E-state index in [2.05, 4.69) is 9.47 Å². The number of nitrogens with zero attached hydrogens (tertiary/aromatic N) is 1. The quantitative estimate of drug-likeness (QED) is 0.495. The van der Waals surface area contributed by atoms with Gasteiger partial charge in [0.25, 0.3) is 0 Å². The lowest BCUT2D eigenvalue weighted by Gasteiger charge is -2.16.